The van der Waals surface area contributed by atoms with Gasteiger partial charge >= 0.3 is 0 Å². The summed E-state index contributed by atoms with van der Waals surface area (Å²) in [6.45, 7) is 1.02. The van der Waals surface area contributed by atoms with Crippen molar-refractivity contribution < 1.29 is 15.0 Å². The van der Waals surface area contributed by atoms with Crippen molar-refractivity contribution in [1.82, 2.24) is 0 Å². The molecule has 1 amide bonds. The number of aliphatic hydroxyl groups is 2. The number of amides is 1. The molecule has 0 heterocycles. The van der Waals surface area contributed by atoms with Crippen LogP contribution in [0.3, 0.4) is 0 Å². The van der Waals surface area contributed by atoms with Crippen LogP contribution in [0.25, 0.3) is 0 Å². The van der Waals surface area contributed by atoms with Crippen molar-refractivity contribution in [1.29, 1.82) is 0 Å². The van der Waals surface area contributed by atoms with Crippen molar-refractivity contribution in [2.45, 2.75) is 12.5 Å². The first-order valence-corrected chi connectivity index (χ1v) is 5.11. The molecule has 0 fully saturated rings. The molecule has 0 saturated heterocycles. The van der Waals surface area contributed by atoms with E-state index in [0.717, 1.165) is 0 Å². The van der Waals surface area contributed by atoms with Gasteiger partial charge in [0.1, 0.15) is 0 Å². The Morgan fingerprint density at radius 3 is 2.47 bits per heavy atom. The molecule has 0 saturated carbocycles. The van der Waals surface area contributed by atoms with Gasteiger partial charge in [-0.15, -0.1) is 0 Å². The summed E-state index contributed by atoms with van der Waals surface area (Å²) < 4.78 is 0. The number of benzene rings is 1. The number of aliphatic hydroxyl groups excluding tert-OH is 2. The quantitative estimate of drug-likeness (QED) is 0.444. The molecular weight excluding hydrogens is 222 g/mol. The molecule has 1 rings (SSSR count). The van der Waals surface area contributed by atoms with Crippen LogP contribution in [0.15, 0.2) is 18.2 Å². The highest BCUT2D eigenvalue weighted by molar-refractivity contribution is 5.99. The predicted octanol–water partition coefficient (Wildman–Crippen LogP) is -0.477. The zero-order valence-corrected chi connectivity index (χ0v) is 9.60. The van der Waals surface area contributed by atoms with Crippen LogP contribution < -0.4 is 16.8 Å². The third-order valence-corrected chi connectivity index (χ3v) is 2.44. The average Bonchev–Trinajstić information content (AvgIpc) is 2.28. The summed E-state index contributed by atoms with van der Waals surface area (Å²) in [7, 11) is 0. The minimum absolute atomic E-state index is 0.257. The highest BCUT2D eigenvalue weighted by Crippen LogP contribution is 2.22. The summed E-state index contributed by atoms with van der Waals surface area (Å²) in [6, 6.07) is 4.58. The SMILES string of the molecule is CC(CO)(CO)Nc1cc(N)ccc1C(N)=O. The van der Waals surface area contributed by atoms with Crippen molar-refractivity contribution in [2.24, 2.45) is 5.73 Å². The third-order valence-electron chi connectivity index (χ3n) is 2.44. The van der Waals surface area contributed by atoms with Crippen LogP contribution in [-0.2, 0) is 0 Å². The third kappa shape index (κ3) is 3.08. The molecule has 0 spiro atoms. The van der Waals surface area contributed by atoms with E-state index in [9.17, 15) is 15.0 Å². The number of nitrogen functional groups attached to an aromatic ring is 1. The summed E-state index contributed by atoms with van der Waals surface area (Å²) in [6.07, 6.45) is 0. The van der Waals surface area contributed by atoms with Gasteiger partial charge in [0.2, 0.25) is 0 Å². The molecule has 94 valence electrons. The van der Waals surface area contributed by atoms with Crippen LogP contribution in [-0.4, -0.2) is 34.9 Å². The van der Waals surface area contributed by atoms with Gasteiger partial charge in [0.15, 0.2) is 0 Å². The van der Waals surface area contributed by atoms with Crippen molar-refractivity contribution in [2.75, 3.05) is 24.3 Å². The fourth-order valence-corrected chi connectivity index (χ4v) is 1.33. The lowest BCUT2D eigenvalue weighted by Crippen LogP contribution is -2.43. The van der Waals surface area contributed by atoms with E-state index in [4.69, 9.17) is 11.5 Å². The number of carbonyl (C=O) groups excluding carboxylic acids is 1. The molecule has 7 N–H and O–H groups in total. The van der Waals surface area contributed by atoms with Crippen LogP contribution in [0.5, 0.6) is 0 Å². The van der Waals surface area contributed by atoms with Crippen molar-refractivity contribution in [3.63, 3.8) is 0 Å². The Labute approximate surface area is 99.2 Å². The monoisotopic (exact) mass is 239 g/mol. The Kier molecular flexibility index (Phi) is 3.93. The molecule has 1 aromatic carbocycles. The van der Waals surface area contributed by atoms with E-state index in [-0.39, 0.29) is 18.8 Å². The van der Waals surface area contributed by atoms with Crippen molar-refractivity contribution in [3.05, 3.63) is 23.8 Å². The molecule has 0 aliphatic heterocycles. The normalized spacial score (nSPS) is 11.2. The number of hydrogen-bond acceptors (Lipinski definition) is 5. The van der Waals surface area contributed by atoms with Gasteiger partial charge in [-0.2, -0.15) is 0 Å². The lowest BCUT2D eigenvalue weighted by atomic mass is 10.0. The molecule has 0 aliphatic rings. The first-order valence-electron chi connectivity index (χ1n) is 5.11. The average molecular weight is 239 g/mol. The molecule has 0 unspecified atom stereocenters. The number of hydrogen-bond donors (Lipinski definition) is 5. The molecule has 6 nitrogen and oxygen atoms in total. The van der Waals surface area contributed by atoms with E-state index < -0.39 is 11.4 Å². The molecule has 0 aliphatic carbocycles. The molecule has 1 aromatic rings. The number of carbonyl (C=O) groups is 1. The first kappa shape index (κ1) is 13.3. The number of anilines is 2. The second kappa shape index (κ2) is 5.03. The van der Waals surface area contributed by atoms with Gasteiger partial charge in [-0.1, -0.05) is 0 Å². The number of nitrogens with two attached hydrogens (primary N) is 2. The van der Waals surface area contributed by atoms with Gasteiger partial charge in [-0.05, 0) is 25.1 Å². The zero-order valence-electron chi connectivity index (χ0n) is 9.60. The summed E-state index contributed by atoms with van der Waals surface area (Å²) in [5.74, 6) is -0.606. The van der Waals surface area contributed by atoms with E-state index >= 15 is 0 Å². The van der Waals surface area contributed by atoms with Gasteiger partial charge in [0, 0.05) is 11.4 Å². The molecule has 0 bridgehead atoms. The van der Waals surface area contributed by atoms with Crippen LogP contribution in [0, 0.1) is 0 Å². The van der Waals surface area contributed by atoms with Crippen LogP contribution in [0.4, 0.5) is 11.4 Å². The van der Waals surface area contributed by atoms with Gasteiger partial charge in [0.25, 0.3) is 5.91 Å². The van der Waals surface area contributed by atoms with Gasteiger partial charge < -0.3 is 27.0 Å². The molecule has 0 radical (unpaired) electrons. The second-order valence-electron chi connectivity index (χ2n) is 4.17. The highest BCUT2D eigenvalue weighted by atomic mass is 16.3. The topological polar surface area (TPSA) is 122 Å². The minimum atomic E-state index is -0.946. The molecule has 0 aromatic heterocycles. The lowest BCUT2D eigenvalue weighted by molar-refractivity contribution is 0.1000. The highest BCUT2D eigenvalue weighted by Gasteiger charge is 2.23. The van der Waals surface area contributed by atoms with E-state index in [1.54, 1.807) is 13.0 Å². The Hall–Kier alpha value is -1.79. The Balaban J connectivity index is 3.12. The fraction of sp³-hybridized carbons (Fsp3) is 0.364. The maximum absolute atomic E-state index is 11.2. The minimum Gasteiger partial charge on any atom is -0.399 e. The molecule has 6 heteroatoms. The largest absolute Gasteiger partial charge is 0.399 e. The van der Waals surface area contributed by atoms with E-state index in [2.05, 4.69) is 5.32 Å². The smallest absolute Gasteiger partial charge is 0.250 e. The Morgan fingerprint density at radius 1 is 1.41 bits per heavy atom. The first-order chi connectivity index (χ1) is 7.91. The van der Waals surface area contributed by atoms with Crippen molar-refractivity contribution in [3.8, 4) is 0 Å². The second-order valence-corrected chi connectivity index (χ2v) is 4.17. The van der Waals surface area contributed by atoms with Gasteiger partial charge in [0.05, 0.1) is 24.3 Å². The van der Waals surface area contributed by atoms with Crippen LogP contribution >= 0.6 is 0 Å². The maximum atomic E-state index is 11.2. The van der Waals surface area contributed by atoms with Crippen LogP contribution in [0.2, 0.25) is 0 Å². The van der Waals surface area contributed by atoms with Gasteiger partial charge in [-0.25, -0.2) is 0 Å². The molecular formula is C11H17N3O3. The standard InChI is InChI=1S/C11H17N3O3/c1-11(5-15,6-16)14-9-4-7(12)2-3-8(9)10(13)17/h2-4,14-16H,5-6,12H2,1H3,(H2,13,17). The molecule has 0 atom stereocenters. The number of rotatable bonds is 5. The fourth-order valence-electron chi connectivity index (χ4n) is 1.33. The predicted molar refractivity (Wildman–Crippen MR) is 65.6 cm³/mol. The van der Waals surface area contributed by atoms with Crippen molar-refractivity contribution >= 4 is 17.3 Å². The summed E-state index contributed by atoms with van der Waals surface area (Å²) in [5, 5.41) is 21.2. The van der Waals surface area contributed by atoms with E-state index in [1.807, 2.05) is 0 Å². The number of primary amides is 1. The summed E-state index contributed by atoms with van der Waals surface area (Å²) >= 11 is 0. The zero-order chi connectivity index (χ0) is 13.1. The summed E-state index contributed by atoms with van der Waals surface area (Å²) in [5.41, 5.74) is 11.0. The number of nitrogens with one attached hydrogen (secondary N) is 1. The lowest BCUT2D eigenvalue weighted by Gasteiger charge is -2.28. The Morgan fingerprint density at radius 2 is 2.00 bits per heavy atom. The Bertz CT molecular complexity index is 416. The maximum Gasteiger partial charge on any atom is 0.250 e. The van der Waals surface area contributed by atoms with E-state index in [0.29, 0.717) is 11.4 Å². The van der Waals surface area contributed by atoms with Gasteiger partial charge in [-0.3, -0.25) is 4.79 Å². The van der Waals surface area contributed by atoms with Crippen LogP contribution in [0.1, 0.15) is 17.3 Å². The summed E-state index contributed by atoms with van der Waals surface area (Å²) in [4.78, 5) is 11.2. The van der Waals surface area contributed by atoms with E-state index in [1.165, 1.54) is 12.1 Å². The molecule has 17 heavy (non-hydrogen) atoms.